The molecule has 0 saturated heterocycles. The average molecular weight is 410 g/mol. The van der Waals surface area contributed by atoms with Crippen LogP contribution in [0.4, 0.5) is 0 Å². The van der Waals surface area contributed by atoms with E-state index in [2.05, 4.69) is 15.6 Å². The molecule has 0 bridgehead atoms. The number of hydrogen-bond acceptors (Lipinski definition) is 4. The zero-order valence-electron chi connectivity index (χ0n) is 14.8. The summed E-state index contributed by atoms with van der Waals surface area (Å²) < 4.78 is 26.9. The van der Waals surface area contributed by atoms with Crippen LogP contribution in [-0.2, 0) is 10.0 Å². The first-order valence-corrected chi connectivity index (χ1v) is 10.1. The molecule has 1 atom stereocenters. The van der Waals surface area contributed by atoms with Gasteiger partial charge in [-0.05, 0) is 61.9 Å². The SMILES string of the molecule is CC[C@H](C)NS(=O)(=O)c1ccc(C(=O)NNC(=O)c2ccc(Cl)cc2)cc1. The van der Waals surface area contributed by atoms with E-state index in [0.717, 1.165) is 0 Å². The molecule has 9 heteroatoms. The van der Waals surface area contributed by atoms with Gasteiger partial charge < -0.3 is 0 Å². The molecule has 2 aromatic carbocycles. The molecule has 27 heavy (non-hydrogen) atoms. The molecule has 0 aliphatic carbocycles. The van der Waals surface area contributed by atoms with Gasteiger partial charge in [-0.2, -0.15) is 0 Å². The Morgan fingerprint density at radius 2 is 1.37 bits per heavy atom. The average Bonchev–Trinajstić information content (AvgIpc) is 2.66. The number of hydrazine groups is 1. The fourth-order valence-corrected chi connectivity index (χ4v) is 3.51. The summed E-state index contributed by atoms with van der Waals surface area (Å²) >= 11 is 5.76. The molecule has 2 amide bonds. The van der Waals surface area contributed by atoms with Crippen molar-refractivity contribution in [2.45, 2.75) is 31.2 Å². The Kier molecular flexibility index (Phi) is 6.95. The Morgan fingerprint density at radius 3 is 1.81 bits per heavy atom. The molecule has 2 aromatic rings. The van der Waals surface area contributed by atoms with E-state index in [0.29, 0.717) is 17.0 Å². The van der Waals surface area contributed by atoms with Gasteiger partial charge in [0.2, 0.25) is 10.0 Å². The Balaban J connectivity index is 1.99. The number of sulfonamides is 1. The third-order valence-electron chi connectivity index (χ3n) is 3.79. The van der Waals surface area contributed by atoms with Gasteiger partial charge >= 0.3 is 0 Å². The van der Waals surface area contributed by atoms with Crippen LogP contribution >= 0.6 is 11.6 Å². The van der Waals surface area contributed by atoms with E-state index in [4.69, 9.17) is 11.6 Å². The van der Waals surface area contributed by atoms with Crippen LogP contribution in [0, 0.1) is 0 Å². The summed E-state index contributed by atoms with van der Waals surface area (Å²) in [5, 5.41) is 0.494. The monoisotopic (exact) mass is 409 g/mol. The predicted molar refractivity (Wildman–Crippen MR) is 103 cm³/mol. The van der Waals surface area contributed by atoms with E-state index < -0.39 is 21.8 Å². The largest absolute Gasteiger partial charge is 0.269 e. The van der Waals surface area contributed by atoms with Gasteiger partial charge in [-0.15, -0.1) is 0 Å². The minimum Gasteiger partial charge on any atom is -0.267 e. The van der Waals surface area contributed by atoms with E-state index >= 15 is 0 Å². The number of amides is 2. The summed E-state index contributed by atoms with van der Waals surface area (Å²) in [7, 11) is -3.64. The smallest absolute Gasteiger partial charge is 0.267 e. The second-order valence-electron chi connectivity index (χ2n) is 5.87. The lowest BCUT2D eigenvalue weighted by Gasteiger charge is -2.12. The van der Waals surface area contributed by atoms with Gasteiger partial charge in [-0.25, -0.2) is 13.1 Å². The molecule has 3 N–H and O–H groups in total. The minimum atomic E-state index is -3.64. The fraction of sp³-hybridized carbons (Fsp3) is 0.222. The molecule has 0 aromatic heterocycles. The number of hydrogen-bond donors (Lipinski definition) is 3. The van der Waals surface area contributed by atoms with Crippen molar-refractivity contribution in [3.05, 3.63) is 64.7 Å². The number of carbonyl (C=O) groups excluding carboxylic acids is 2. The first-order chi connectivity index (χ1) is 12.7. The number of halogens is 1. The highest BCUT2D eigenvalue weighted by Gasteiger charge is 2.17. The highest BCUT2D eigenvalue weighted by molar-refractivity contribution is 7.89. The van der Waals surface area contributed by atoms with Gasteiger partial charge in [-0.1, -0.05) is 18.5 Å². The maximum absolute atomic E-state index is 12.2. The first kappa shape index (κ1) is 20.9. The maximum atomic E-state index is 12.2. The van der Waals surface area contributed by atoms with Crippen molar-refractivity contribution in [3.63, 3.8) is 0 Å². The highest BCUT2D eigenvalue weighted by atomic mass is 35.5. The Bertz CT molecular complexity index is 913. The quantitative estimate of drug-likeness (QED) is 0.637. The number of rotatable bonds is 6. The Hall–Kier alpha value is -2.42. The minimum absolute atomic E-state index is 0.0598. The molecule has 144 valence electrons. The van der Waals surface area contributed by atoms with Crippen molar-refractivity contribution in [1.29, 1.82) is 0 Å². The summed E-state index contributed by atoms with van der Waals surface area (Å²) in [4.78, 5) is 24.1. The van der Waals surface area contributed by atoms with E-state index in [1.54, 1.807) is 19.1 Å². The van der Waals surface area contributed by atoms with Crippen molar-refractivity contribution >= 4 is 33.4 Å². The van der Waals surface area contributed by atoms with Gasteiger partial charge in [0.05, 0.1) is 4.90 Å². The lowest BCUT2D eigenvalue weighted by atomic mass is 10.2. The van der Waals surface area contributed by atoms with Gasteiger partial charge in [0.1, 0.15) is 0 Å². The van der Waals surface area contributed by atoms with Gasteiger partial charge in [0.25, 0.3) is 11.8 Å². The number of nitrogens with one attached hydrogen (secondary N) is 3. The standard InChI is InChI=1S/C18H20ClN3O4S/c1-3-12(2)22-27(25,26)16-10-6-14(7-11-16)18(24)21-20-17(23)13-4-8-15(19)9-5-13/h4-12,22H,3H2,1-2H3,(H,20,23)(H,21,24)/t12-/m0/s1. The van der Waals surface area contributed by atoms with Crippen LogP contribution < -0.4 is 15.6 Å². The van der Waals surface area contributed by atoms with E-state index in [-0.39, 0.29) is 16.5 Å². The van der Waals surface area contributed by atoms with Crippen LogP contribution in [-0.4, -0.2) is 26.3 Å². The fourth-order valence-electron chi connectivity index (χ4n) is 2.06. The molecular weight excluding hydrogens is 390 g/mol. The Morgan fingerprint density at radius 1 is 0.926 bits per heavy atom. The predicted octanol–water partition coefficient (Wildman–Crippen LogP) is 2.49. The van der Waals surface area contributed by atoms with Crippen LogP contribution in [0.25, 0.3) is 0 Å². The second-order valence-corrected chi connectivity index (χ2v) is 8.02. The van der Waals surface area contributed by atoms with Gasteiger partial charge in [-0.3, -0.25) is 20.4 Å². The zero-order valence-corrected chi connectivity index (χ0v) is 16.4. The van der Waals surface area contributed by atoms with E-state index in [1.807, 2.05) is 6.92 Å². The van der Waals surface area contributed by atoms with E-state index in [9.17, 15) is 18.0 Å². The molecule has 0 aliphatic heterocycles. The summed E-state index contributed by atoms with van der Waals surface area (Å²) in [6.45, 7) is 3.64. The summed E-state index contributed by atoms with van der Waals surface area (Å²) in [6.07, 6.45) is 0.660. The normalized spacial score (nSPS) is 12.3. The summed E-state index contributed by atoms with van der Waals surface area (Å²) in [5.41, 5.74) is 5.09. The molecule has 0 radical (unpaired) electrons. The molecule has 0 aliphatic rings. The molecule has 2 rings (SSSR count). The highest BCUT2D eigenvalue weighted by Crippen LogP contribution is 2.12. The van der Waals surface area contributed by atoms with Gasteiger partial charge in [0, 0.05) is 22.2 Å². The number of benzene rings is 2. The molecule has 0 spiro atoms. The third kappa shape index (κ3) is 5.78. The lowest BCUT2D eigenvalue weighted by molar-refractivity contribution is 0.0846. The molecule has 0 saturated carbocycles. The van der Waals surface area contributed by atoms with Crippen molar-refractivity contribution in [2.75, 3.05) is 0 Å². The summed E-state index contributed by atoms with van der Waals surface area (Å²) in [6, 6.07) is 11.4. The molecule has 0 heterocycles. The first-order valence-electron chi connectivity index (χ1n) is 8.21. The van der Waals surface area contributed by atoms with Crippen LogP contribution in [0.15, 0.2) is 53.4 Å². The van der Waals surface area contributed by atoms with E-state index in [1.165, 1.54) is 36.4 Å². The van der Waals surface area contributed by atoms with Crippen LogP contribution in [0.1, 0.15) is 41.0 Å². The van der Waals surface area contributed by atoms with Crippen molar-refractivity contribution in [1.82, 2.24) is 15.6 Å². The lowest BCUT2D eigenvalue weighted by Crippen LogP contribution is -2.41. The van der Waals surface area contributed by atoms with Crippen LogP contribution in [0.2, 0.25) is 5.02 Å². The third-order valence-corrected chi connectivity index (χ3v) is 5.65. The van der Waals surface area contributed by atoms with Crippen molar-refractivity contribution in [3.8, 4) is 0 Å². The molecule has 7 nitrogen and oxygen atoms in total. The Labute approximate surface area is 163 Å². The van der Waals surface area contributed by atoms with Crippen LogP contribution in [0.3, 0.4) is 0 Å². The second kappa shape index (κ2) is 8.98. The van der Waals surface area contributed by atoms with Gasteiger partial charge in [0.15, 0.2) is 0 Å². The molecule has 0 unspecified atom stereocenters. The molecule has 0 fully saturated rings. The zero-order chi connectivity index (χ0) is 20.0. The molecular formula is C18H20ClN3O4S. The van der Waals surface area contributed by atoms with Crippen molar-refractivity contribution < 1.29 is 18.0 Å². The maximum Gasteiger partial charge on any atom is 0.269 e. The van der Waals surface area contributed by atoms with Crippen LogP contribution in [0.5, 0.6) is 0 Å². The van der Waals surface area contributed by atoms with Crippen molar-refractivity contribution in [2.24, 2.45) is 0 Å². The topological polar surface area (TPSA) is 104 Å². The number of carbonyl (C=O) groups is 2. The summed E-state index contributed by atoms with van der Waals surface area (Å²) in [5.74, 6) is -1.08.